The lowest BCUT2D eigenvalue weighted by Gasteiger charge is -2.29. The molecule has 20 heavy (non-hydrogen) atoms. The SMILES string of the molecule is CCOC(=O)c1cccc(N(CC(N)=O)C(C)C)c1N. The van der Waals surface area contributed by atoms with Gasteiger partial charge in [-0.2, -0.15) is 0 Å². The largest absolute Gasteiger partial charge is 0.462 e. The fraction of sp³-hybridized carbons (Fsp3) is 0.429. The molecule has 1 aromatic carbocycles. The van der Waals surface area contributed by atoms with E-state index in [0.717, 1.165) is 0 Å². The Hall–Kier alpha value is -2.24. The van der Waals surface area contributed by atoms with Crippen molar-refractivity contribution in [3.63, 3.8) is 0 Å². The molecule has 1 amide bonds. The summed E-state index contributed by atoms with van der Waals surface area (Å²) in [5.74, 6) is -0.936. The van der Waals surface area contributed by atoms with E-state index in [4.69, 9.17) is 16.2 Å². The van der Waals surface area contributed by atoms with Crippen molar-refractivity contribution >= 4 is 23.3 Å². The number of ether oxygens (including phenoxy) is 1. The third kappa shape index (κ3) is 3.63. The van der Waals surface area contributed by atoms with Gasteiger partial charge in [0.2, 0.25) is 5.91 Å². The summed E-state index contributed by atoms with van der Waals surface area (Å²) in [6, 6.07) is 5.07. The van der Waals surface area contributed by atoms with Crippen LogP contribution in [-0.2, 0) is 9.53 Å². The van der Waals surface area contributed by atoms with Crippen molar-refractivity contribution in [1.29, 1.82) is 0 Å². The summed E-state index contributed by atoms with van der Waals surface area (Å²) >= 11 is 0. The van der Waals surface area contributed by atoms with E-state index >= 15 is 0 Å². The van der Waals surface area contributed by atoms with Crippen LogP contribution in [0.2, 0.25) is 0 Å². The molecule has 0 heterocycles. The molecule has 0 atom stereocenters. The van der Waals surface area contributed by atoms with Crippen molar-refractivity contribution in [1.82, 2.24) is 0 Å². The number of nitrogens with zero attached hydrogens (tertiary/aromatic N) is 1. The number of para-hydroxylation sites is 1. The van der Waals surface area contributed by atoms with E-state index in [1.807, 2.05) is 13.8 Å². The van der Waals surface area contributed by atoms with Crippen LogP contribution in [0, 0.1) is 0 Å². The van der Waals surface area contributed by atoms with Crippen molar-refractivity contribution in [2.24, 2.45) is 5.73 Å². The van der Waals surface area contributed by atoms with Crippen LogP contribution in [-0.4, -0.2) is 31.1 Å². The molecule has 0 saturated heterocycles. The fourth-order valence-corrected chi connectivity index (χ4v) is 1.90. The van der Waals surface area contributed by atoms with E-state index in [-0.39, 0.29) is 19.2 Å². The molecule has 0 radical (unpaired) electrons. The van der Waals surface area contributed by atoms with Gasteiger partial charge in [0.25, 0.3) is 0 Å². The predicted octanol–water partition coefficient (Wildman–Crippen LogP) is 1.15. The van der Waals surface area contributed by atoms with Crippen LogP contribution in [0.1, 0.15) is 31.1 Å². The zero-order valence-corrected chi connectivity index (χ0v) is 12.1. The maximum atomic E-state index is 11.8. The Morgan fingerprint density at radius 3 is 2.50 bits per heavy atom. The van der Waals surface area contributed by atoms with Gasteiger partial charge < -0.3 is 21.1 Å². The molecular formula is C14H21N3O3. The molecular weight excluding hydrogens is 258 g/mol. The topological polar surface area (TPSA) is 98.6 Å². The van der Waals surface area contributed by atoms with Gasteiger partial charge in [-0.15, -0.1) is 0 Å². The monoisotopic (exact) mass is 279 g/mol. The van der Waals surface area contributed by atoms with E-state index in [1.165, 1.54) is 0 Å². The van der Waals surface area contributed by atoms with Gasteiger partial charge in [0.05, 0.1) is 30.1 Å². The summed E-state index contributed by atoms with van der Waals surface area (Å²) < 4.78 is 4.96. The van der Waals surface area contributed by atoms with Gasteiger partial charge in [0, 0.05) is 6.04 Å². The van der Waals surface area contributed by atoms with Crippen molar-refractivity contribution in [2.75, 3.05) is 23.8 Å². The number of amides is 1. The molecule has 0 saturated carbocycles. The van der Waals surface area contributed by atoms with Gasteiger partial charge in [-0.05, 0) is 32.9 Å². The van der Waals surface area contributed by atoms with Crippen molar-refractivity contribution in [3.05, 3.63) is 23.8 Å². The summed E-state index contributed by atoms with van der Waals surface area (Å²) in [4.78, 5) is 24.7. The number of nitrogens with two attached hydrogens (primary N) is 2. The third-order valence-corrected chi connectivity index (χ3v) is 2.84. The molecule has 0 aliphatic carbocycles. The van der Waals surface area contributed by atoms with Gasteiger partial charge in [0.15, 0.2) is 0 Å². The molecule has 0 aliphatic heterocycles. The highest BCUT2D eigenvalue weighted by Crippen LogP contribution is 2.28. The number of carbonyl (C=O) groups is 2. The molecule has 0 spiro atoms. The minimum atomic E-state index is -0.477. The van der Waals surface area contributed by atoms with Gasteiger partial charge in [-0.3, -0.25) is 4.79 Å². The summed E-state index contributed by atoms with van der Waals surface area (Å²) in [5, 5.41) is 0. The quantitative estimate of drug-likeness (QED) is 0.601. The number of primary amides is 1. The Morgan fingerprint density at radius 2 is 2.00 bits per heavy atom. The molecule has 0 fully saturated rings. The molecule has 0 bridgehead atoms. The van der Waals surface area contributed by atoms with Crippen LogP contribution >= 0.6 is 0 Å². The predicted molar refractivity (Wildman–Crippen MR) is 78.5 cm³/mol. The van der Waals surface area contributed by atoms with Crippen molar-refractivity contribution < 1.29 is 14.3 Å². The first-order valence-corrected chi connectivity index (χ1v) is 6.49. The number of esters is 1. The number of hydrogen-bond acceptors (Lipinski definition) is 5. The summed E-state index contributed by atoms with van der Waals surface area (Å²) in [6.45, 7) is 5.87. The van der Waals surface area contributed by atoms with E-state index in [2.05, 4.69) is 0 Å². The van der Waals surface area contributed by atoms with Gasteiger partial charge in [-0.1, -0.05) is 6.07 Å². The molecule has 6 nitrogen and oxygen atoms in total. The van der Waals surface area contributed by atoms with Gasteiger partial charge >= 0.3 is 5.97 Å². The van der Waals surface area contributed by atoms with Crippen LogP contribution in [0.4, 0.5) is 11.4 Å². The summed E-state index contributed by atoms with van der Waals surface area (Å²) in [6.07, 6.45) is 0. The van der Waals surface area contributed by atoms with E-state index in [0.29, 0.717) is 16.9 Å². The minimum Gasteiger partial charge on any atom is -0.462 e. The highest BCUT2D eigenvalue weighted by atomic mass is 16.5. The van der Waals surface area contributed by atoms with E-state index < -0.39 is 11.9 Å². The number of carbonyl (C=O) groups excluding carboxylic acids is 2. The first-order valence-electron chi connectivity index (χ1n) is 6.49. The first-order chi connectivity index (χ1) is 9.38. The van der Waals surface area contributed by atoms with Gasteiger partial charge in [0.1, 0.15) is 0 Å². The third-order valence-electron chi connectivity index (χ3n) is 2.84. The average Bonchev–Trinajstić information content (AvgIpc) is 2.36. The zero-order valence-electron chi connectivity index (χ0n) is 12.1. The Bertz CT molecular complexity index is 500. The Labute approximate surface area is 118 Å². The van der Waals surface area contributed by atoms with Crippen LogP contribution in [0.3, 0.4) is 0 Å². The highest BCUT2D eigenvalue weighted by molar-refractivity contribution is 5.99. The Balaban J connectivity index is 3.20. The molecule has 0 aromatic heterocycles. The lowest BCUT2D eigenvalue weighted by Crippen LogP contribution is -2.39. The van der Waals surface area contributed by atoms with Crippen LogP contribution in [0.25, 0.3) is 0 Å². The van der Waals surface area contributed by atoms with Gasteiger partial charge in [-0.25, -0.2) is 4.79 Å². The molecule has 1 aromatic rings. The minimum absolute atomic E-state index is 0.0160. The molecule has 0 aliphatic rings. The lowest BCUT2D eigenvalue weighted by atomic mass is 10.1. The van der Waals surface area contributed by atoms with E-state index in [1.54, 1.807) is 30.0 Å². The Kier molecular flexibility index (Phi) is 5.37. The molecule has 110 valence electrons. The highest BCUT2D eigenvalue weighted by Gasteiger charge is 2.20. The summed E-state index contributed by atoms with van der Waals surface area (Å²) in [5.41, 5.74) is 12.5. The van der Waals surface area contributed by atoms with Crippen molar-refractivity contribution in [3.8, 4) is 0 Å². The number of rotatable bonds is 6. The Morgan fingerprint density at radius 1 is 1.35 bits per heavy atom. The number of benzene rings is 1. The maximum Gasteiger partial charge on any atom is 0.340 e. The number of nitrogen functional groups attached to an aromatic ring is 1. The summed E-state index contributed by atoms with van der Waals surface area (Å²) in [7, 11) is 0. The standard InChI is InChI=1S/C14H21N3O3/c1-4-20-14(19)10-6-5-7-11(13(10)16)17(9(2)3)8-12(15)18/h5-7,9H,4,8,16H2,1-3H3,(H2,15,18). The average molecular weight is 279 g/mol. The van der Waals surface area contributed by atoms with Crippen LogP contribution in [0.5, 0.6) is 0 Å². The first kappa shape index (κ1) is 15.8. The second kappa shape index (κ2) is 6.79. The normalized spacial score (nSPS) is 10.4. The van der Waals surface area contributed by atoms with Crippen LogP contribution < -0.4 is 16.4 Å². The second-order valence-corrected chi connectivity index (χ2v) is 4.65. The van der Waals surface area contributed by atoms with Crippen LogP contribution in [0.15, 0.2) is 18.2 Å². The van der Waals surface area contributed by atoms with Crippen molar-refractivity contribution in [2.45, 2.75) is 26.8 Å². The molecule has 1 rings (SSSR count). The zero-order chi connectivity index (χ0) is 15.3. The molecule has 0 unspecified atom stereocenters. The number of anilines is 2. The smallest absolute Gasteiger partial charge is 0.340 e. The molecule has 4 N–H and O–H groups in total. The maximum absolute atomic E-state index is 11.8. The fourth-order valence-electron chi connectivity index (χ4n) is 1.90. The van der Waals surface area contributed by atoms with E-state index in [9.17, 15) is 9.59 Å². The lowest BCUT2D eigenvalue weighted by molar-refractivity contribution is -0.116. The number of hydrogen-bond donors (Lipinski definition) is 2. The second-order valence-electron chi connectivity index (χ2n) is 4.65. The molecule has 6 heteroatoms.